The number of nitrogens with zero attached hydrogens (tertiary/aromatic N) is 2. The van der Waals surface area contributed by atoms with Crippen molar-refractivity contribution in [3.05, 3.63) is 0 Å². The predicted octanol–water partition coefficient (Wildman–Crippen LogP) is 2.72. The van der Waals surface area contributed by atoms with Gasteiger partial charge in [-0.25, -0.2) is 0 Å². The molecule has 0 aromatic rings. The molecule has 0 radical (unpaired) electrons. The summed E-state index contributed by atoms with van der Waals surface area (Å²) in [5, 5.41) is -0.704. The van der Waals surface area contributed by atoms with E-state index in [-0.39, 0.29) is 38.3 Å². The van der Waals surface area contributed by atoms with Crippen LogP contribution in [0.5, 0.6) is 0 Å². The van der Waals surface area contributed by atoms with Gasteiger partial charge in [-0.1, -0.05) is 6.37 Å². The number of piperidine rings is 2. The second-order valence-corrected chi connectivity index (χ2v) is 3.76. The highest BCUT2D eigenvalue weighted by Crippen LogP contribution is 2.21. The lowest BCUT2D eigenvalue weighted by atomic mass is 10.0. The van der Waals surface area contributed by atoms with Crippen molar-refractivity contribution in [3.63, 3.8) is 0 Å². The summed E-state index contributed by atoms with van der Waals surface area (Å²) in [7, 11) is 0. The van der Waals surface area contributed by atoms with Gasteiger partial charge in [0.25, 0.3) is 0 Å². The van der Waals surface area contributed by atoms with Gasteiger partial charge >= 0.3 is 5.37 Å². The van der Waals surface area contributed by atoms with Crippen LogP contribution in [0.1, 0.15) is 45.7 Å². The number of carbonyl (C=O) groups is 1. The normalized spacial score (nSPS) is 48.9. The van der Waals surface area contributed by atoms with E-state index in [0.29, 0.717) is 4.90 Å². The highest BCUT2D eigenvalue weighted by molar-refractivity contribution is 6.62. The highest BCUT2D eigenvalue weighted by atomic mass is 35.5. The molecule has 3 nitrogen and oxygen atoms in total. The SMILES string of the molecule is Cl.[2H]C1([2H])N(C2CCN(C(=O)Cl)CC2)C([2H])([2H])C([2H])([2H])C([2H])([2H])C1([2H])[2H]. The van der Waals surface area contributed by atoms with Crippen LogP contribution < -0.4 is 0 Å². The molecule has 2 aliphatic rings. The third kappa shape index (κ3) is 3.51. The Morgan fingerprint density at radius 3 is 2.25 bits per heavy atom. The zero-order chi connectivity index (χ0) is 19.6. The van der Waals surface area contributed by atoms with E-state index in [1.807, 2.05) is 0 Å². The number of rotatable bonds is 1. The number of hydrogen-bond acceptors (Lipinski definition) is 2. The molecule has 0 spiro atoms. The van der Waals surface area contributed by atoms with Crippen LogP contribution >= 0.6 is 24.0 Å². The number of amides is 1. The molecule has 0 aromatic carbocycles. The molecule has 0 saturated carbocycles. The molecule has 16 heavy (non-hydrogen) atoms. The van der Waals surface area contributed by atoms with Crippen molar-refractivity contribution in [2.24, 2.45) is 0 Å². The van der Waals surface area contributed by atoms with E-state index in [4.69, 9.17) is 25.3 Å². The Kier molecular flexibility index (Phi) is 2.22. The van der Waals surface area contributed by atoms with Crippen LogP contribution in [-0.4, -0.2) is 47.3 Å². The van der Waals surface area contributed by atoms with Gasteiger partial charge in [0, 0.05) is 32.8 Å². The van der Waals surface area contributed by atoms with Gasteiger partial charge in [-0.3, -0.25) is 4.79 Å². The first-order chi connectivity index (χ1) is 11.0. The average molecular weight is 277 g/mol. The van der Waals surface area contributed by atoms with E-state index in [2.05, 4.69) is 0 Å². The van der Waals surface area contributed by atoms with Crippen molar-refractivity contribution in [2.45, 2.75) is 38.0 Å². The van der Waals surface area contributed by atoms with Gasteiger partial charge in [-0.15, -0.1) is 12.4 Å². The van der Waals surface area contributed by atoms with E-state index in [0.717, 1.165) is 0 Å². The van der Waals surface area contributed by atoms with Gasteiger partial charge in [0.2, 0.25) is 0 Å². The zero-order valence-corrected chi connectivity index (χ0v) is 10.1. The molecular weight excluding hydrogens is 247 g/mol. The number of likely N-dealkylation sites (tertiary alicyclic amines) is 2. The summed E-state index contributed by atoms with van der Waals surface area (Å²) in [4.78, 5) is 12.9. The van der Waals surface area contributed by atoms with E-state index in [1.165, 1.54) is 4.90 Å². The molecular formula is C11H20Cl2N2O. The van der Waals surface area contributed by atoms with Crippen LogP contribution in [0.15, 0.2) is 0 Å². The summed E-state index contributed by atoms with van der Waals surface area (Å²) < 4.78 is 79.6. The van der Waals surface area contributed by atoms with Gasteiger partial charge in [0.15, 0.2) is 0 Å². The minimum Gasteiger partial charge on any atom is -0.329 e. The van der Waals surface area contributed by atoms with Crippen LogP contribution in [0.4, 0.5) is 4.79 Å². The molecule has 0 N–H and O–H groups in total. The summed E-state index contributed by atoms with van der Waals surface area (Å²) in [6.07, 6.45) is -9.90. The lowest BCUT2D eigenvalue weighted by molar-refractivity contribution is 0.107. The van der Waals surface area contributed by atoms with Crippen molar-refractivity contribution in [2.75, 3.05) is 26.1 Å². The average Bonchev–Trinajstić information content (AvgIpc) is 2.45. The molecule has 2 saturated heterocycles. The monoisotopic (exact) mass is 276 g/mol. The van der Waals surface area contributed by atoms with Crippen molar-refractivity contribution in [3.8, 4) is 0 Å². The second-order valence-electron chi connectivity index (χ2n) is 3.44. The molecule has 1 amide bonds. The van der Waals surface area contributed by atoms with Gasteiger partial charge < -0.3 is 9.80 Å². The summed E-state index contributed by atoms with van der Waals surface area (Å²) in [6.45, 7) is -6.03. The maximum Gasteiger partial charge on any atom is 0.316 e. The van der Waals surface area contributed by atoms with E-state index < -0.39 is 43.5 Å². The molecule has 94 valence electrons. The summed E-state index contributed by atoms with van der Waals surface area (Å²) >= 11 is 5.39. The zero-order valence-electron chi connectivity index (χ0n) is 18.5. The summed E-state index contributed by atoms with van der Waals surface area (Å²) in [6, 6.07) is -0.918. The third-order valence-electron chi connectivity index (χ3n) is 2.56. The Morgan fingerprint density at radius 1 is 1.19 bits per heavy atom. The summed E-state index contributed by atoms with van der Waals surface area (Å²) in [5.41, 5.74) is 0. The maximum absolute atomic E-state index is 11.2. The molecule has 2 fully saturated rings. The van der Waals surface area contributed by atoms with Gasteiger partial charge in [0.05, 0.1) is 0 Å². The fraction of sp³-hybridized carbons (Fsp3) is 0.909. The quantitative estimate of drug-likeness (QED) is 0.543. The minimum absolute atomic E-state index is 0. The number of hydrogen-bond donors (Lipinski definition) is 0. The first-order valence-electron chi connectivity index (χ1n) is 9.77. The van der Waals surface area contributed by atoms with Crippen molar-refractivity contribution >= 4 is 29.4 Å². The van der Waals surface area contributed by atoms with E-state index >= 15 is 0 Å². The Morgan fingerprint density at radius 2 is 1.75 bits per heavy atom. The van der Waals surface area contributed by atoms with Crippen molar-refractivity contribution in [1.82, 2.24) is 9.80 Å². The number of halogens is 2. The predicted molar refractivity (Wildman–Crippen MR) is 68.5 cm³/mol. The Hall–Kier alpha value is 0.01000. The lowest BCUT2D eigenvalue weighted by Gasteiger charge is -2.39. The second kappa shape index (κ2) is 6.67. The Bertz CT molecular complexity index is 535. The van der Waals surface area contributed by atoms with Gasteiger partial charge in [0.1, 0.15) is 0 Å². The van der Waals surface area contributed by atoms with Gasteiger partial charge in [-0.05, 0) is 50.2 Å². The first-order valence-corrected chi connectivity index (χ1v) is 5.15. The molecule has 0 aliphatic carbocycles. The number of carbonyl (C=O) groups excluding carboxylic acids is 1. The van der Waals surface area contributed by atoms with Crippen LogP contribution in [0, 0.1) is 0 Å². The highest BCUT2D eigenvalue weighted by Gasteiger charge is 2.26. The minimum atomic E-state index is -3.41. The molecule has 2 rings (SSSR count). The third-order valence-corrected chi connectivity index (χ3v) is 2.80. The van der Waals surface area contributed by atoms with Crippen LogP contribution in [0.2, 0.25) is 0 Å². The smallest absolute Gasteiger partial charge is 0.316 e. The fourth-order valence-electron chi connectivity index (χ4n) is 1.72. The van der Waals surface area contributed by atoms with Gasteiger partial charge in [-0.2, -0.15) is 0 Å². The van der Waals surface area contributed by atoms with Crippen LogP contribution in [0.25, 0.3) is 0 Å². The Labute approximate surface area is 123 Å². The lowest BCUT2D eigenvalue weighted by Crippen LogP contribution is -2.47. The maximum atomic E-state index is 11.2. The van der Waals surface area contributed by atoms with E-state index in [1.54, 1.807) is 0 Å². The largest absolute Gasteiger partial charge is 0.329 e. The topological polar surface area (TPSA) is 23.6 Å². The molecule has 2 aliphatic heterocycles. The van der Waals surface area contributed by atoms with Crippen molar-refractivity contribution in [1.29, 1.82) is 0 Å². The molecule has 2 heterocycles. The molecule has 0 unspecified atom stereocenters. The van der Waals surface area contributed by atoms with Crippen molar-refractivity contribution < 1.29 is 18.5 Å². The first kappa shape index (κ1) is 5.33. The standard InChI is InChI=1S/C11H19ClN2O.ClH/c12-11(15)14-8-4-10(5-9-14)13-6-2-1-3-7-13;/h10H,1-9H2;1H/i1D2,2D2,3D2,6D2,7D2;. The molecule has 5 heteroatoms. The molecule has 0 atom stereocenters. The summed E-state index contributed by atoms with van der Waals surface area (Å²) in [5.74, 6) is 0. The molecule has 0 bridgehead atoms. The van der Waals surface area contributed by atoms with E-state index in [9.17, 15) is 4.79 Å². The van der Waals surface area contributed by atoms with Crippen LogP contribution in [0.3, 0.4) is 0 Å². The molecule has 0 aromatic heterocycles. The fourth-order valence-corrected chi connectivity index (χ4v) is 1.89. The Balaban J connectivity index is 0.00000338. The van der Waals surface area contributed by atoms with Crippen LogP contribution in [-0.2, 0) is 0 Å².